The summed E-state index contributed by atoms with van der Waals surface area (Å²) < 4.78 is 4.79. The van der Waals surface area contributed by atoms with Crippen LogP contribution in [0.5, 0.6) is 0 Å². The van der Waals surface area contributed by atoms with Crippen LogP contribution in [0.4, 0.5) is 0 Å². The molecule has 0 amide bonds. The third kappa shape index (κ3) is 15.9. The molecule has 2 nitrogen and oxygen atoms in total. The van der Waals surface area contributed by atoms with Gasteiger partial charge in [0.1, 0.15) is 0 Å². The molecule has 0 bridgehead atoms. The first kappa shape index (κ1) is 17.9. The van der Waals surface area contributed by atoms with Gasteiger partial charge in [-0.25, -0.2) is 0 Å². The molecule has 1 radical (unpaired) electrons. The Morgan fingerprint density at radius 2 is 0.889 bits per heavy atom. The number of aliphatic hydroxyl groups excluding tert-OH is 1. The van der Waals surface area contributed by atoms with Crippen molar-refractivity contribution in [3.63, 3.8) is 0 Å². The second kappa shape index (κ2) is 16.9. The van der Waals surface area contributed by atoms with E-state index in [0.717, 1.165) is 19.4 Å². The van der Waals surface area contributed by atoms with Gasteiger partial charge in [-0.3, -0.25) is 0 Å². The van der Waals surface area contributed by atoms with E-state index in [1.54, 1.807) is 0 Å². The lowest BCUT2D eigenvalue weighted by molar-refractivity contribution is 0.233. The molecule has 0 unspecified atom stereocenters. The van der Waals surface area contributed by atoms with Crippen LogP contribution in [0.15, 0.2) is 0 Å². The molecule has 0 rings (SSSR count). The summed E-state index contributed by atoms with van der Waals surface area (Å²) in [5, 5.41) is 8.65. The molecular weight excluding hydrogens is 224 g/mol. The van der Waals surface area contributed by atoms with Crippen LogP contribution in [-0.2, 0) is 4.74 Å². The summed E-state index contributed by atoms with van der Waals surface area (Å²) >= 11 is 0. The fraction of sp³-hybridized carbons (Fsp3) is 0.938. The van der Waals surface area contributed by atoms with Crippen molar-refractivity contribution >= 4 is 0 Å². The summed E-state index contributed by atoms with van der Waals surface area (Å²) in [4.78, 5) is 0. The molecule has 0 aliphatic rings. The van der Waals surface area contributed by atoms with Crippen molar-refractivity contribution in [1.82, 2.24) is 0 Å². The van der Waals surface area contributed by atoms with E-state index in [1.807, 2.05) is 0 Å². The van der Waals surface area contributed by atoms with Gasteiger partial charge in [0.05, 0.1) is 7.11 Å². The van der Waals surface area contributed by atoms with Gasteiger partial charge in [0.2, 0.25) is 0 Å². The van der Waals surface area contributed by atoms with E-state index in [-0.39, 0.29) is 0 Å². The quantitative estimate of drug-likeness (QED) is 0.425. The standard InChI is InChI=1S/C16H33O2/c1-18-16-14-12-10-8-6-4-2-3-5-7-9-11-13-15-17/h17H,1-16H2. The first-order chi connectivity index (χ1) is 8.91. The molecule has 18 heavy (non-hydrogen) atoms. The number of ether oxygens (including phenoxy) is 1. The fourth-order valence-electron chi connectivity index (χ4n) is 2.26. The van der Waals surface area contributed by atoms with Gasteiger partial charge in [-0.15, -0.1) is 0 Å². The normalized spacial score (nSPS) is 11.0. The summed E-state index contributed by atoms with van der Waals surface area (Å²) in [6.07, 6.45) is 17.0. The van der Waals surface area contributed by atoms with Crippen molar-refractivity contribution in [1.29, 1.82) is 0 Å². The highest BCUT2D eigenvalue weighted by Gasteiger charge is 1.93. The first-order valence-corrected chi connectivity index (χ1v) is 7.89. The monoisotopic (exact) mass is 257 g/mol. The smallest absolute Gasteiger partial charge is 0.0700 e. The maximum absolute atomic E-state index is 8.65. The number of aliphatic hydroxyl groups is 1. The third-order valence-electron chi connectivity index (χ3n) is 3.45. The molecule has 0 aromatic heterocycles. The minimum absolute atomic E-state index is 0.362. The highest BCUT2D eigenvalue weighted by atomic mass is 16.5. The lowest BCUT2D eigenvalue weighted by Crippen LogP contribution is -1.87. The molecule has 0 aromatic carbocycles. The zero-order valence-electron chi connectivity index (χ0n) is 12.2. The Balaban J connectivity index is 2.86. The maximum atomic E-state index is 8.65. The van der Waals surface area contributed by atoms with Gasteiger partial charge in [-0.1, -0.05) is 70.6 Å². The fourth-order valence-corrected chi connectivity index (χ4v) is 2.26. The van der Waals surface area contributed by atoms with Crippen molar-refractivity contribution in [3.8, 4) is 0 Å². The zero-order chi connectivity index (χ0) is 13.3. The number of unbranched alkanes of at least 4 members (excludes halogenated alkanes) is 12. The molecule has 109 valence electrons. The van der Waals surface area contributed by atoms with Crippen molar-refractivity contribution in [2.75, 3.05) is 13.2 Å². The van der Waals surface area contributed by atoms with Crippen LogP contribution in [0.3, 0.4) is 0 Å². The van der Waals surface area contributed by atoms with Gasteiger partial charge in [0.25, 0.3) is 0 Å². The molecule has 0 heterocycles. The Kier molecular flexibility index (Phi) is 16.8. The zero-order valence-corrected chi connectivity index (χ0v) is 12.2. The summed E-state index contributed by atoms with van der Waals surface area (Å²) in [6, 6.07) is 0. The van der Waals surface area contributed by atoms with Gasteiger partial charge in [0, 0.05) is 13.2 Å². The topological polar surface area (TPSA) is 29.5 Å². The van der Waals surface area contributed by atoms with Crippen molar-refractivity contribution < 1.29 is 9.84 Å². The molecule has 0 saturated carbocycles. The van der Waals surface area contributed by atoms with E-state index in [1.165, 1.54) is 70.6 Å². The van der Waals surface area contributed by atoms with E-state index in [0.29, 0.717) is 6.61 Å². The van der Waals surface area contributed by atoms with Crippen LogP contribution in [0.25, 0.3) is 0 Å². The highest BCUT2D eigenvalue weighted by molar-refractivity contribution is 4.49. The molecule has 0 aliphatic heterocycles. The van der Waals surface area contributed by atoms with Gasteiger partial charge >= 0.3 is 0 Å². The number of hydrogen-bond donors (Lipinski definition) is 1. The van der Waals surface area contributed by atoms with E-state index in [2.05, 4.69) is 7.11 Å². The predicted molar refractivity (Wildman–Crippen MR) is 78.4 cm³/mol. The van der Waals surface area contributed by atoms with Crippen LogP contribution in [0.2, 0.25) is 0 Å². The Hall–Kier alpha value is -0.0800. The van der Waals surface area contributed by atoms with Gasteiger partial charge in [-0.2, -0.15) is 0 Å². The molecule has 0 atom stereocenters. The number of hydrogen-bond acceptors (Lipinski definition) is 2. The Labute approximate surface area is 114 Å². The summed E-state index contributed by atoms with van der Waals surface area (Å²) in [5.74, 6) is 0. The molecule has 0 saturated heterocycles. The van der Waals surface area contributed by atoms with Crippen LogP contribution in [-0.4, -0.2) is 18.3 Å². The second-order valence-electron chi connectivity index (χ2n) is 5.23. The predicted octanol–water partition coefficient (Wildman–Crippen LogP) is 4.86. The Morgan fingerprint density at radius 1 is 0.556 bits per heavy atom. The molecule has 2 heteroatoms. The summed E-state index contributed by atoms with van der Waals surface area (Å²) in [5.41, 5.74) is 0. The van der Waals surface area contributed by atoms with E-state index in [9.17, 15) is 0 Å². The lowest BCUT2D eigenvalue weighted by atomic mass is 10.0. The molecule has 1 N–H and O–H groups in total. The second-order valence-corrected chi connectivity index (χ2v) is 5.23. The SMILES string of the molecule is [CH2]OCCCCCCCCCCCCCCCO. The number of rotatable bonds is 15. The minimum atomic E-state index is 0.362. The van der Waals surface area contributed by atoms with Crippen LogP contribution in [0, 0.1) is 7.11 Å². The van der Waals surface area contributed by atoms with E-state index >= 15 is 0 Å². The first-order valence-electron chi connectivity index (χ1n) is 7.89. The van der Waals surface area contributed by atoms with E-state index in [4.69, 9.17) is 9.84 Å². The van der Waals surface area contributed by atoms with Gasteiger partial charge in [-0.05, 0) is 12.8 Å². The summed E-state index contributed by atoms with van der Waals surface area (Å²) in [7, 11) is 3.37. The van der Waals surface area contributed by atoms with Crippen molar-refractivity contribution in [2.45, 2.75) is 83.5 Å². The van der Waals surface area contributed by atoms with Gasteiger partial charge < -0.3 is 9.84 Å². The maximum Gasteiger partial charge on any atom is 0.0700 e. The lowest BCUT2D eigenvalue weighted by Gasteiger charge is -2.03. The average Bonchev–Trinajstić information content (AvgIpc) is 2.39. The Morgan fingerprint density at radius 3 is 1.22 bits per heavy atom. The summed E-state index contributed by atoms with van der Waals surface area (Å²) in [6.45, 7) is 1.18. The molecule has 0 spiro atoms. The van der Waals surface area contributed by atoms with Crippen LogP contribution in [0.1, 0.15) is 83.5 Å². The van der Waals surface area contributed by atoms with Crippen LogP contribution >= 0.6 is 0 Å². The molecule has 0 aliphatic carbocycles. The minimum Gasteiger partial charge on any atom is -0.396 e. The van der Waals surface area contributed by atoms with Gasteiger partial charge in [0.15, 0.2) is 0 Å². The van der Waals surface area contributed by atoms with E-state index < -0.39 is 0 Å². The van der Waals surface area contributed by atoms with Crippen molar-refractivity contribution in [3.05, 3.63) is 7.11 Å². The molecule has 0 fully saturated rings. The highest BCUT2D eigenvalue weighted by Crippen LogP contribution is 2.12. The van der Waals surface area contributed by atoms with Crippen molar-refractivity contribution in [2.24, 2.45) is 0 Å². The largest absolute Gasteiger partial charge is 0.396 e. The van der Waals surface area contributed by atoms with Crippen LogP contribution < -0.4 is 0 Å². The Bertz CT molecular complexity index is 121. The average molecular weight is 257 g/mol. The third-order valence-corrected chi connectivity index (χ3v) is 3.45. The molecular formula is C16H33O2. The molecule has 0 aromatic rings.